The monoisotopic (exact) mass is 327 g/mol. The molecule has 2 atom stereocenters. The van der Waals surface area contributed by atoms with Gasteiger partial charge in [-0.05, 0) is 36.8 Å². The molecule has 0 saturated heterocycles. The van der Waals surface area contributed by atoms with Crippen LogP contribution in [0.5, 0.6) is 0 Å². The number of ether oxygens (including phenoxy) is 1. The largest absolute Gasteiger partial charge is 0.372 e. The highest BCUT2D eigenvalue weighted by Gasteiger charge is 2.21. The standard InChI is InChI=1S/C16H26BrNO/c1-4-15(18)16(19-11-7-8-12(2)3)13-9-5-6-10-14(13)17/h5-6,9-10,12,15-16H,4,7-8,11,18H2,1-3H3. The van der Waals surface area contributed by atoms with E-state index in [1.54, 1.807) is 0 Å². The van der Waals surface area contributed by atoms with Gasteiger partial charge in [0.2, 0.25) is 0 Å². The van der Waals surface area contributed by atoms with Gasteiger partial charge < -0.3 is 10.5 Å². The van der Waals surface area contributed by atoms with Gasteiger partial charge in [-0.15, -0.1) is 0 Å². The third-order valence-electron chi connectivity index (χ3n) is 3.30. The molecule has 2 nitrogen and oxygen atoms in total. The minimum absolute atomic E-state index is 0.0206. The van der Waals surface area contributed by atoms with Crippen molar-refractivity contribution in [3.05, 3.63) is 34.3 Å². The molecule has 3 heteroatoms. The average Bonchev–Trinajstić information content (AvgIpc) is 2.39. The highest BCUT2D eigenvalue weighted by molar-refractivity contribution is 9.10. The maximum atomic E-state index is 6.21. The summed E-state index contributed by atoms with van der Waals surface area (Å²) in [5, 5.41) is 0. The summed E-state index contributed by atoms with van der Waals surface area (Å²) >= 11 is 3.59. The van der Waals surface area contributed by atoms with Crippen LogP contribution in [0.2, 0.25) is 0 Å². The molecule has 0 spiro atoms. The summed E-state index contributed by atoms with van der Waals surface area (Å²) in [7, 11) is 0. The first-order valence-corrected chi connectivity index (χ1v) is 7.97. The summed E-state index contributed by atoms with van der Waals surface area (Å²) in [4.78, 5) is 0. The van der Waals surface area contributed by atoms with E-state index in [-0.39, 0.29) is 12.1 Å². The Bertz CT molecular complexity index is 368. The zero-order valence-electron chi connectivity index (χ0n) is 12.2. The van der Waals surface area contributed by atoms with Crippen LogP contribution in [0.1, 0.15) is 51.7 Å². The van der Waals surface area contributed by atoms with Crippen molar-refractivity contribution in [2.75, 3.05) is 6.61 Å². The Morgan fingerprint density at radius 3 is 2.53 bits per heavy atom. The lowest BCUT2D eigenvalue weighted by molar-refractivity contribution is 0.0297. The smallest absolute Gasteiger partial charge is 0.0986 e. The lowest BCUT2D eigenvalue weighted by Crippen LogP contribution is -2.30. The molecular weight excluding hydrogens is 302 g/mol. The van der Waals surface area contributed by atoms with E-state index in [4.69, 9.17) is 10.5 Å². The van der Waals surface area contributed by atoms with E-state index in [2.05, 4.69) is 42.8 Å². The fourth-order valence-electron chi connectivity index (χ4n) is 2.07. The van der Waals surface area contributed by atoms with Gasteiger partial charge in [0.05, 0.1) is 6.10 Å². The van der Waals surface area contributed by atoms with Gasteiger partial charge >= 0.3 is 0 Å². The van der Waals surface area contributed by atoms with E-state index in [0.29, 0.717) is 0 Å². The minimum atomic E-state index is -0.0206. The summed E-state index contributed by atoms with van der Waals surface area (Å²) in [5.74, 6) is 0.727. The molecule has 0 fully saturated rings. The van der Waals surface area contributed by atoms with Crippen LogP contribution < -0.4 is 5.73 Å². The first kappa shape index (κ1) is 16.7. The van der Waals surface area contributed by atoms with Crippen LogP contribution in [0.25, 0.3) is 0 Å². The zero-order chi connectivity index (χ0) is 14.3. The quantitative estimate of drug-likeness (QED) is 0.703. The van der Waals surface area contributed by atoms with E-state index in [1.165, 1.54) is 6.42 Å². The van der Waals surface area contributed by atoms with Crippen molar-refractivity contribution in [1.29, 1.82) is 0 Å². The molecular formula is C16H26BrNO. The Hall–Kier alpha value is -0.380. The topological polar surface area (TPSA) is 35.2 Å². The SMILES string of the molecule is CCC(N)C(OCCCC(C)C)c1ccccc1Br. The first-order chi connectivity index (χ1) is 9.06. The van der Waals surface area contributed by atoms with E-state index in [1.807, 2.05) is 18.2 Å². The van der Waals surface area contributed by atoms with Gasteiger partial charge in [-0.3, -0.25) is 0 Å². The lowest BCUT2D eigenvalue weighted by atomic mass is 10.0. The second kappa shape index (κ2) is 8.72. The Balaban J connectivity index is 2.65. The van der Waals surface area contributed by atoms with Crippen LogP contribution in [-0.4, -0.2) is 12.6 Å². The average molecular weight is 328 g/mol. The molecule has 0 aliphatic rings. The van der Waals surface area contributed by atoms with Crippen molar-refractivity contribution in [2.24, 2.45) is 11.7 Å². The van der Waals surface area contributed by atoms with Crippen molar-refractivity contribution in [3.8, 4) is 0 Å². The molecule has 0 amide bonds. The Morgan fingerprint density at radius 2 is 1.95 bits per heavy atom. The first-order valence-electron chi connectivity index (χ1n) is 7.17. The molecule has 0 heterocycles. The third-order valence-corrected chi connectivity index (χ3v) is 4.02. The van der Waals surface area contributed by atoms with Gasteiger partial charge in [0.15, 0.2) is 0 Å². The molecule has 19 heavy (non-hydrogen) atoms. The molecule has 108 valence electrons. The summed E-state index contributed by atoms with van der Waals surface area (Å²) in [6, 6.07) is 8.22. The fraction of sp³-hybridized carbons (Fsp3) is 0.625. The van der Waals surface area contributed by atoms with E-state index in [0.717, 1.165) is 35.4 Å². The molecule has 0 radical (unpaired) electrons. The van der Waals surface area contributed by atoms with Crippen molar-refractivity contribution in [2.45, 2.75) is 52.2 Å². The van der Waals surface area contributed by atoms with Gasteiger partial charge in [0.1, 0.15) is 0 Å². The van der Waals surface area contributed by atoms with Crippen LogP contribution in [0, 0.1) is 5.92 Å². The number of hydrogen-bond donors (Lipinski definition) is 1. The third kappa shape index (κ3) is 5.64. The van der Waals surface area contributed by atoms with Crippen LogP contribution in [0.15, 0.2) is 28.7 Å². The molecule has 2 N–H and O–H groups in total. The molecule has 0 aromatic heterocycles. The number of rotatable bonds is 8. The maximum absolute atomic E-state index is 6.21. The Labute approximate surface area is 125 Å². The molecule has 0 aliphatic heterocycles. The Kier molecular flexibility index (Phi) is 7.66. The van der Waals surface area contributed by atoms with E-state index < -0.39 is 0 Å². The molecule has 0 saturated carbocycles. The van der Waals surface area contributed by atoms with Gasteiger partial charge in [-0.25, -0.2) is 0 Å². The van der Waals surface area contributed by atoms with Crippen LogP contribution in [0.3, 0.4) is 0 Å². The minimum Gasteiger partial charge on any atom is -0.372 e. The second-order valence-electron chi connectivity index (χ2n) is 5.42. The van der Waals surface area contributed by atoms with Gasteiger partial charge in [0.25, 0.3) is 0 Å². The Morgan fingerprint density at radius 1 is 1.26 bits per heavy atom. The fourth-order valence-corrected chi connectivity index (χ4v) is 2.58. The van der Waals surface area contributed by atoms with Crippen LogP contribution in [0.4, 0.5) is 0 Å². The molecule has 2 unspecified atom stereocenters. The van der Waals surface area contributed by atoms with Gasteiger partial charge in [0, 0.05) is 17.1 Å². The van der Waals surface area contributed by atoms with Crippen molar-refractivity contribution < 1.29 is 4.74 Å². The van der Waals surface area contributed by atoms with Crippen molar-refractivity contribution in [3.63, 3.8) is 0 Å². The lowest BCUT2D eigenvalue weighted by Gasteiger charge is -2.25. The predicted octanol–water partition coefficient (Wildman–Crippen LogP) is 4.68. The summed E-state index contributed by atoms with van der Waals surface area (Å²) in [6.07, 6.45) is 3.18. The molecule has 1 rings (SSSR count). The second-order valence-corrected chi connectivity index (χ2v) is 6.28. The predicted molar refractivity (Wildman–Crippen MR) is 85.2 cm³/mol. The maximum Gasteiger partial charge on any atom is 0.0986 e. The van der Waals surface area contributed by atoms with Gasteiger partial charge in [-0.1, -0.05) is 54.9 Å². The number of halogens is 1. The van der Waals surface area contributed by atoms with Crippen LogP contribution in [-0.2, 0) is 4.74 Å². The van der Waals surface area contributed by atoms with Crippen molar-refractivity contribution in [1.82, 2.24) is 0 Å². The van der Waals surface area contributed by atoms with Gasteiger partial charge in [-0.2, -0.15) is 0 Å². The molecule has 0 bridgehead atoms. The highest BCUT2D eigenvalue weighted by Crippen LogP contribution is 2.29. The summed E-state index contributed by atoms with van der Waals surface area (Å²) < 4.78 is 7.13. The highest BCUT2D eigenvalue weighted by atomic mass is 79.9. The molecule has 1 aromatic carbocycles. The zero-order valence-corrected chi connectivity index (χ0v) is 13.8. The normalized spacial score (nSPS) is 14.6. The van der Waals surface area contributed by atoms with Crippen molar-refractivity contribution >= 4 is 15.9 Å². The van der Waals surface area contributed by atoms with E-state index >= 15 is 0 Å². The summed E-state index contributed by atoms with van der Waals surface area (Å²) in [6.45, 7) is 7.36. The van der Waals surface area contributed by atoms with Crippen LogP contribution >= 0.6 is 15.9 Å². The number of benzene rings is 1. The summed E-state index contributed by atoms with van der Waals surface area (Å²) in [5.41, 5.74) is 7.37. The number of hydrogen-bond acceptors (Lipinski definition) is 2. The molecule has 1 aromatic rings. The van der Waals surface area contributed by atoms with E-state index in [9.17, 15) is 0 Å². The number of nitrogens with two attached hydrogens (primary N) is 1. The molecule has 0 aliphatic carbocycles.